The van der Waals surface area contributed by atoms with Gasteiger partial charge in [0.1, 0.15) is 11.8 Å². The van der Waals surface area contributed by atoms with Crippen LogP contribution >= 0.6 is 27.5 Å². The number of halogens is 2. The van der Waals surface area contributed by atoms with Gasteiger partial charge in [-0.3, -0.25) is 0 Å². The highest BCUT2D eigenvalue weighted by molar-refractivity contribution is 9.10. The van der Waals surface area contributed by atoms with E-state index in [4.69, 9.17) is 16.3 Å². The molecule has 0 spiro atoms. The Hall–Kier alpha value is -1.85. The predicted octanol–water partition coefficient (Wildman–Crippen LogP) is 4.83. The van der Waals surface area contributed by atoms with Crippen LogP contribution in [0, 0.1) is 0 Å². The Morgan fingerprint density at radius 2 is 2.13 bits per heavy atom. The topological polar surface area (TPSA) is 51.2 Å². The molecule has 4 nitrogen and oxygen atoms in total. The predicted molar refractivity (Wildman–Crippen MR) is 95.2 cm³/mol. The van der Waals surface area contributed by atoms with E-state index in [0.29, 0.717) is 18.1 Å². The standard InChI is InChI=1S/C17H16BrClN2O2/c18-15-11-21-16(19)10-14(15)8-4-5-9-20-17(22)23-12-13-6-2-1-3-7-13/h1-4,6-8,10-11H,5,9,12H2,(H,20,22). The molecule has 0 unspecified atom stereocenters. The van der Waals surface area contributed by atoms with Gasteiger partial charge in [0.2, 0.25) is 0 Å². The van der Waals surface area contributed by atoms with E-state index in [1.54, 1.807) is 12.3 Å². The van der Waals surface area contributed by atoms with Gasteiger partial charge in [-0.05, 0) is 39.5 Å². The van der Waals surface area contributed by atoms with E-state index >= 15 is 0 Å². The van der Waals surface area contributed by atoms with Crippen molar-refractivity contribution in [2.45, 2.75) is 13.0 Å². The molecule has 0 fully saturated rings. The van der Waals surface area contributed by atoms with Crippen LogP contribution in [0.25, 0.3) is 6.08 Å². The number of nitrogens with one attached hydrogen (secondary N) is 1. The summed E-state index contributed by atoms with van der Waals surface area (Å²) in [5.74, 6) is 0. The second-order valence-corrected chi connectivity index (χ2v) is 5.95. The highest BCUT2D eigenvalue weighted by Gasteiger charge is 2.01. The van der Waals surface area contributed by atoms with E-state index < -0.39 is 6.09 Å². The van der Waals surface area contributed by atoms with Gasteiger partial charge < -0.3 is 10.1 Å². The lowest BCUT2D eigenvalue weighted by Crippen LogP contribution is -2.24. The van der Waals surface area contributed by atoms with Crippen molar-refractivity contribution in [3.05, 3.63) is 69.4 Å². The molecule has 2 aromatic rings. The largest absolute Gasteiger partial charge is 0.445 e. The molecule has 0 radical (unpaired) electrons. The third-order valence-corrected chi connectivity index (χ3v) is 3.81. The van der Waals surface area contributed by atoms with Crippen molar-refractivity contribution in [1.82, 2.24) is 10.3 Å². The Kier molecular flexibility index (Phi) is 7.10. The lowest BCUT2D eigenvalue weighted by Gasteiger charge is -2.06. The minimum Gasteiger partial charge on any atom is -0.445 e. The number of pyridine rings is 1. The van der Waals surface area contributed by atoms with Crippen LogP contribution in [-0.4, -0.2) is 17.6 Å². The molecule has 1 amide bonds. The zero-order valence-electron chi connectivity index (χ0n) is 12.3. The Morgan fingerprint density at radius 3 is 2.91 bits per heavy atom. The highest BCUT2D eigenvalue weighted by atomic mass is 79.9. The van der Waals surface area contributed by atoms with Crippen molar-refractivity contribution < 1.29 is 9.53 Å². The van der Waals surface area contributed by atoms with Crippen molar-refractivity contribution in [2.75, 3.05) is 6.54 Å². The summed E-state index contributed by atoms with van der Waals surface area (Å²) in [6.45, 7) is 0.769. The molecule has 6 heteroatoms. The van der Waals surface area contributed by atoms with E-state index in [0.717, 1.165) is 15.6 Å². The van der Waals surface area contributed by atoms with Gasteiger partial charge in [-0.15, -0.1) is 0 Å². The molecule has 0 atom stereocenters. The lowest BCUT2D eigenvalue weighted by atomic mass is 10.2. The molecule has 1 heterocycles. The first-order valence-electron chi connectivity index (χ1n) is 7.07. The summed E-state index contributed by atoms with van der Waals surface area (Å²) < 4.78 is 5.99. The van der Waals surface area contributed by atoms with Crippen LogP contribution < -0.4 is 5.32 Å². The maximum atomic E-state index is 11.6. The smallest absolute Gasteiger partial charge is 0.407 e. The molecule has 1 N–H and O–H groups in total. The van der Waals surface area contributed by atoms with E-state index in [2.05, 4.69) is 26.2 Å². The number of carbonyl (C=O) groups excluding carboxylic acids is 1. The van der Waals surface area contributed by atoms with Crippen LogP contribution in [0.2, 0.25) is 5.15 Å². The van der Waals surface area contributed by atoms with Crippen molar-refractivity contribution in [3.8, 4) is 0 Å². The Morgan fingerprint density at radius 1 is 1.35 bits per heavy atom. The first kappa shape index (κ1) is 17.5. The number of amides is 1. The summed E-state index contributed by atoms with van der Waals surface area (Å²) in [5.41, 5.74) is 1.90. The summed E-state index contributed by atoms with van der Waals surface area (Å²) in [7, 11) is 0. The number of aromatic nitrogens is 1. The fourth-order valence-electron chi connectivity index (χ4n) is 1.80. The average molecular weight is 396 g/mol. The number of rotatable bonds is 6. The van der Waals surface area contributed by atoms with Crippen LogP contribution in [0.1, 0.15) is 17.5 Å². The minimum atomic E-state index is -0.421. The molecule has 0 saturated heterocycles. The van der Waals surface area contributed by atoms with Gasteiger partial charge >= 0.3 is 6.09 Å². The monoisotopic (exact) mass is 394 g/mol. The number of nitrogens with zero attached hydrogens (tertiary/aromatic N) is 1. The maximum Gasteiger partial charge on any atom is 0.407 e. The fraction of sp³-hybridized carbons (Fsp3) is 0.176. The van der Waals surface area contributed by atoms with Crippen molar-refractivity contribution in [3.63, 3.8) is 0 Å². The van der Waals surface area contributed by atoms with E-state index in [-0.39, 0.29) is 6.61 Å². The summed E-state index contributed by atoms with van der Waals surface area (Å²) in [4.78, 5) is 15.5. The normalized spacial score (nSPS) is 10.7. The Bertz CT molecular complexity index is 678. The first-order chi connectivity index (χ1) is 11.1. The van der Waals surface area contributed by atoms with Gasteiger partial charge in [-0.1, -0.05) is 54.1 Å². The van der Waals surface area contributed by atoms with Crippen molar-refractivity contribution in [1.29, 1.82) is 0 Å². The molecule has 1 aromatic carbocycles. The highest BCUT2D eigenvalue weighted by Crippen LogP contribution is 2.20. The molecule has 0 aliphatic carbocycles. The van der Waals surface area contributed by atoms with Gasteiger partial charge in [-0.25, -0.2) is 9.78 Å². The molecule has 2 rings (SSSR count). The van der Waals surface area contributed by atoms with Crippen LogP contribution in [0.3, 0.4) is 0 Å². The SMILES string of the molecule is O=C(NCCC=Cc1cc(Cl)ncc1Br)OCc1ccccc1. The lowest BCUT2D eigenvalue weighted by molar-refractivity contribution is 0.140. The molecule has 120 valence electrons. The zero-order chi connectivity index (χ0) is 16.5. The van der Waals surface area contributed by atoms with E-state index in [1.165, 1.54) is 0 Å². The van der Waals surface area contributed by atoms with Gasteiger partial charge in [0.25, 0.3) is 0 Å². The number of hydrogen-bond donors (Lipinski definition) is 1. The minimum absolute atomic E-state index is 0.269. The second kappa shape index (κ2) is 9.33. The maximum absolute atomic E-state index is 11.6. The number of carbonyl (C=O) groups is 1. The quantitative estimate of drug-likeness (QED) is 0.563. The molecular formula is C17H16BrClN2O2. The summed E-state index contributed by atoms with van der Waals surface area (Å²) >= 11 is 9.25. The second-order valence-electron chi connectivity index (χ2n) is 4.71. The Labute approximate surface area is 148 Å². The van der Waals surface area contributed by atoms with E-state index in [1.807, 2.05) is 42.5 Å². The number of ether oxygens (including phenoxy) is 1. The van der Waals surface area contributed by atoms with E-state index in [9.17, 15) is 4.79 Å². The van der Waals surface area contributed by atoms with Gasteiger partial charge in [0.15, 0.2) is 0 Å². The fourth-order valence-corrected chi connectivity index (χ4v) is 2.31. The van der Waals surface area contributed by atoms with Gasteiger partial charge in [-0.2, -0.15) is 0 Å². The van der Waals surface area contributed by atoms with Crippen LogP contribution in [0.5, 0.6) is 0 Å². The average Bonchev–Trinajstić information content (AvgIpc) is 2.56. The number of benzene rings is 1. The van der Waals surface area contributed by atoms with Crippen LogP contribution in [0.15, 0.2) is 53.1 Å². The zero-order valence-corrected chi connectivity index (χ0v) is 14.7. The summed E-state index contributed by atoms with van der Waals surface area (Å²) in [6, 6.07) is 11.3. The molecule has 0 aliphatic heterocycles. The molecule has 0 saturated carbocycles. The number of hydrogen-bond acceptors (Lipinski definition) is 3. The molecule has 23 heavy (non-hydrogen) atoms. The van der Waals surface area contributed by atoms with Crippen molar-refractivity contribution >= 4 is 39.7 Å². The number of alkyl carbamates (subject to hydrolysis) is 1. The third kappa shape index (κ3) is 6.42. The molecule has 0 aliphatic rings. The first-order valence-corrected chi connectivity index (χ1v) is 8.24. The van der Waals surface area contributed by atoms with Gasteiger partial charge in [0, 0.05) is 17.2 Å². The summed E-state index contributed by atoms with van der Waals surface area (Å²) in [5, 5.41) is 3.14. The molecule has 1 aromatic heterocycles. The van der Waals surface area contributed by atoms with Crippen LogP contribution in [-0.2, 0) is 11.3 Å². The van der Waals surface area contributed by atoms with Crippen molar-refractivity contribution in [2.24, 2.45) is 0 Å². The Balaban J connectivity index is 1.67. The molecule has 0 bridgehead atoms. The summed E-state index contributed by atoms with van der Waals surface area (Å²) in [6.07, 6.45) is 5.80. The molecular weight excluding hydrogens is 380 g/mol. The van der Waals surface area contributed by atoms with Crippen LogP contribution in [0.4, 0.5) is 4.79 Å². The third-order valence-electron chi connectivity index (χ3n) is 2.94. The van der Waals surface area contributed by atoms with Gasteiger partial charge in [0.05, 0.1) is 0 Å².